The van der Waals surface area contributed by atoms with Crippen molar-refractivity contribution in [3.63, 3.8) is 0 Å². The van der Waals surface area contributed by atoms with Crippen molar-refractivity contribution in [1.82, 2.24) is 4.98 Å². The monoisotopic (exact) mass is 255 g/mol. The number of hydrogen-bond acceptors (Lipinski definition) is 4. The van der Waals surface area contributed by atoms with E-state index in [4.69, 9.17) is 9.47 Å². The number of rotatable bonds is 4. The lowest BCUT2D eigenvalue weighted by molar-refractivity contribution is -0.109. The molecule has 0 saturated heterocycles. The molecule has 0 N–H and O–H groups in total. The summed E-state index contributed by atoms with van der Waals surface area (Å²) in [5.74, 6) is 1.24. The molecule has 3 rings (SSSR count). The molecule has 0 aliphatic carbocycles. The maximum absolute atomic E-state index is 11.3. The summed E-state index contributed by atoms with van der Waals surface area (Å²) in [5, 5.41) is 0. The molecular formula is C15H13NO3. The molecule has 19 heavy (non-hydrogen) atoms. The first-order valence-corrected chi connectivity index (χ1v) is 6.10. The third kappa shape index (κ3) is 2.42. The van der Waals surface area contributed by atoms with E-state index in [1.165, 1.54) is 0 Å². The number of pyridine rings is 1. The highest BCUT2D eigenvalue weighted by Crippen LogP contribution is 2.34. The van der Waals surface area contributed by atoms with Crippen LogP contribution in [0.1, 0.15) is 17.0 Å². The van der Waals surface area contributed by atoms with Crippen molar-refractivity contribution in [2.45, 2.75) is 12.3 Å². The van der Waals surface area contributed by atoms with Crippen LogP contribution >= 0.6 is 0 Å². The molecule has 0 radical (unpaired) electrons. The molecule has 0 bridgehead atoms. The van der Waals surface area contributed by atoms with Gasteiger partial charge < -0.3 is 14.3 Å². The maximum Gasteiger partial charge on any atom is 0.231 e. The Bertz CT molecular complexity index is 583. The standard InChI is InChI=1S/C15H13NO3/c17-9-13(6-11-2-1-5-16-8-11)12-3-4-14-15(7-12)19-10-18-14/h1-5,7-9,13H,6,10H2. The van der Waals surface area contributed by atoms with E-state index in [0.29, 0.717) is 12.2 Å². The van der Waals surface area contributed by atoms with Gasteiger partial charge in [0.05, 0.1) is 0 Å². The van der Waals surface area contributed by atoms with Crippen molar-refractivity contribution in [2.24, 2.45) is 0 Å². The topological polar surface area (TPSA) is 48.4 Å². The molecule has 1 aliphatic rings. The van der Waals surface area contributed by atoms with Gasteiger partial charge in [0.2, 0.25) is 6.79 Å². The lowest BCUT2D eigenvalue weighted by Crippen LogP contribution is -2.04. The van der Waals surface area contributed by atoms with Crippen LogP contribution < -0.4 is 9.47 Å². The van der Waals surface area contributed by atoms with Crippen LogP contribution in [0.3, 0.4) is 0 Å². The Morgan fingerprint density at radius 1 is 1.26 bits per heavy atom. The molecule has 2 heterocycles. The predicted molar refractivity (Wildman–Crippen MR) is 69.3 cm³/mol. The van der Waals surface area contributed by atoms with Crippen molar-refractivity contribution in [2.75, 3.05) is 6.79 Å². The highest BCUT2D eigenvalue weighted by molar-refractivity contribution is 5.64. The second kappa shape index (κ2) is 5.10. The zero-order chi connectivity index (χ0) is 13.1. The highest BCUT2D eigenvalue weighted by atomic mass is 16.7. The minimum Gasteiger partial charge on any atom is -0.454 e. The van der Waals surface area contributed by atoms with Gasteiger partial charge in [-0.25, -0.2) is 0 Å². The van der Waals surface area contributed by atoms with Crippen LogP contribution in [0, 0.1) is 0 Å². The second-order valence-electron chi connectivity index (χ2n) is 4.42. The maximum atomic E-state index is 11.3. The van der Waals surface area contributed by atoms with Crippen LogP contribution in [0.2, 0.25) is 0 Å². The molecule has 1 aromatic carbocycles. The zero-order valence-corrected chi connectivity index (χ0v) is 10.3. The molecule has 96 valence electrons. The van der Waals surface area contributed by atoms with Crippen LogP contribution in [0.5, 0.6) is 11.5 Å². The Balaban J connectivity index is 1.84. The van der Waals surface area contributed by atoms with Crippen LogP contribution in [0.25, 0.3) is 0 Å². The van der Waals surface area contributed by atoms with E-state index in [9.17, 15) is 4.79 Å². The van der Waals surface area contributed by atoms with E-state index >= 15 is 0 Å². The molecule has 4 heteroatoms. The summed E-state index contributed by atoms with van der Waals surface area (Å²) in [6.45, 7) is 0.243. The summed E-state index contributed by atoms with van der Waals surface area (Å²) in [6.07, 6.45) is 5.10. The largest absolute Gasteiger partial charge is 0.454 e. The summed E-state index contributed by atoms with van der Waals surface area (Å²) in [6, 6.07) is 9.46. The Kier molecular flexibility index (Phi) is 3.14. The Labute approximate surface area is 111 Å². The van der Waals surface area contributed by atoms with Crippen LogP contribution in [-0.2, 0) is 11.2 Å². The van der Waals surface area contributed by atoms with E-state index in [1.54, 1.807) is 12.4 Å². The summed E-state index contributed by atoms with van der Waals surface area (Å²) in [7, 11) is 0. The van der Waals surface area contributed by atoms with Gasteiger partial charge >= 0.3 is 0 Å². The average Bonchev–Trinajstić information content (AvgIpc) is 2.93. The van der Waals surface area contributed by atoms with E-state index in [2.05, 4.69) is 4.98 Å². The first-order chi connectivity index (χ1) is 9.36. The molecule has 1 aromatic heterocycles. The SMILES string of the molecule is O=CC(Cc1cccnc1)c1ccc2c(c1)OCO2. The van der Waals surface area contributed by atoms with Gasteiger partial charge in [0, 0.05) is 18.3 Å². The fourth-order valence-electron chi connectivity index (χ4n) is 2.16. The minimum atomic E-state index is -0.196. The van der Waals surface area contributed by atoms with Crippen molar-refractivity contribution in [3.8, 4) is 11.5 Å². The van der Waals surface area contributed by atoms with Gasteiger partial charge in [-0.3, -0.25) is 4.98 Å². The summed E-state index contributed by atoms with van der Waals surface area (Å²) >= 11 is 0. The van der Waals surface area contributed by atoms with Gasteiger partial charge in [-0.2, -0.15) is 0 Å². The lowest BCUT2D eigenvalue weighted by atomic mass is 9.94. The smallest absolute Gasteiger partial charge is 0.231 e. The van der Waals surface area contributed by atoms with Crippen molar-refractivity contribution < 1.29 is 14.3 Å². The number of carbonyl (C=O) groups excluding carboxylic acids is 1. The normalized spacial score (nSPS) is 14.1. The molecule has 0 fully saturated rings. The van der Waals surface area contributed by atoms with Crippen molar-refractivity contribution in [1.29, 1.82) is 0 Å². The molecule has 1 aliphatic heterocycles. The number of benzene rings is 1. The average molecular weight is 255 g/mol. The van der Waals surface area contributed by atoms with Crippen molar-refractivity contribution in [3.05, 3.63) is 53.9 Å². The fraction of sp³-hybridized carbons (Fsp3) is 0.200. The van der Waals surface area contributed by atoms with Gasteiger partial charge in [0.25, 0.3) is 0 Å². The number of carbonyl (C=O) groups is 1. The van der Waals surface area contributed by atoms with E-state index in [0.717, 1.165) is 23.2 Å². The first-order valence-electron chi connectivity index (χ1n) is 6.10. The van der Waals surface area contributed by atoms with Crippen LogP contribution in [0.15, 0.2) is 42.7 Å². The number of nitrogens with zero attached hydrogens (tertiary/aromatic N) is 1. The van der Waals surface area contributed by atoms with E-state index < -0.39 is 0 Å². The van der Waals surface area contributed by atoms with Gasteiger partial charge in [-0.1, -0.05) is 12.1 Å². The van der Waals surface area contributed by atoms with Gasteiger partial charge in [0.15, 0.2) is 11.5 Å². The zero-order valence-electron chi connectivity index (χ0n) is 10.3. The predicted octanol–water partition coefficient (Wildman–Crippen LogP) is 2.34. The van der Waals surface area contributed by atoms with Gasteiger partial charge in [0.1, 0.15) is 6.29 Å². The molecule has 0 amide bonds. The molecule has 1 atom stereocenters. The Morgan fingerprint density at radius 2 is 2.16 bits per heavy atom. The quantitative estimate of drug-likeness (QED) is 0.787. The molecule has 4 nitrogen and oxygen atoms in total. The van der Waals surface area contributed by atoms with Gasteiger partial charge in [-0.15, -0.1) is 0 Å². The Morgan fingerprint density at radius 3 is 2.95 bits per heavy atom. The summed E-state index contributed by atoms with van der Waals surface area (Å²) < 4.78 is 10.6. The fourth-order valence-corrected chi connectivity index (χ4v) is 2.16. The molecule has 0 saturated carbocycles. The highest BCUT2D eigenvalue weighted by Gasteiger charge is 2.18. The molecular weight excluding hydrogens is 242 g/mol. The van der Waals surface area contributed by atoms with E-state index in [1.807, 2.05) is 30.3 Å². The van der Waals surface area contributed by atoms with Crippen molar-refractivity contribution >= 4 is 6.29 Å². The third-order valence-corrected chi connectivity index (χ3v) is 3.17. The number of hydrogen-bond donors (Lipinski definition) is 0. The third-order valence-electron chi connectivity index (χ3n) is 3.17. The first kappa shape index (κ1) is 11.7. The summed E-state index contributed by atoms with van der Waals surface area (Å²) in [5.41, 5.74) is 1.97. The lowest BCUT2D eigenvalue weighted by Gasteiger charge is -2.11. The van der Waals surface area contributed by atoms with Crippen LogP contribution in [0.4, 0.5) is 0 Å². The summed E-state index contributed by atoms with van der Waals surface area (Å²) in [4.78, 5) is 15.4. The minimum absolute atomic E-state index is 0.196. The van der Waals surface area contributed by atoms with Gasteiger partial charge in [-0.05, 0) is 35.7 Å². The Hall–Kier alpha value is -2.36. The number of ether oxygens (including phenoxy) is 2. The van der Waals surface area contributed by atoms with E-state index in [-0.39, 0.29) is 12.7 Å². The number of fused-ring (bicyclic) bond motifs is 1. The number of aromatic nitrogens is 1. The second-order valence-corrected chi connectivity index (χ2v) is 4.42. The molecule has 0 spiro atoms. The number of aldehydes is 1. The van der Waals surface area contributed by atoms with Crippen LogP contribution in [-0.4, -0.2) is 18.1 Å². The molecule has 2 aromatic rings. The molecule has 1 unspecified atom stereocenters.